The Labute approximate surface area is 150 Å². The second-order valence-electron chi connectivity index (χ2n) is 5.53. The van der Waals surface area contributed by atoms with Gasteiger partial charge in [0.2, 0.25) is 5.89 Å². The van der Waals surface area contributed by atoms with E-state index >= 15 is 0 Å². The van der Waals surface area contributed by atoms with Crippen LogP contribution in [0.1, 0.15) is 0 Å². The van der Waals surface area contributed by atoms with Crippen molar-refractivity contribution in [3.8, 4) is 34.0 Å². The van der Waals surface area contributed by atoms with Gasteiger partial charge < -0.3 is 4.42 Å². The lowest BCUT2D eigenvalue weighted by molar-refractivity contribution is 0.455. The summed E-state index contributed by atoms with van der Waals surface area (Å²) in [4.78, 5) is 3.86. The van der Waals surface area contributed by atoms with Crippen LogP contribution in [0, 0.1) is 23.3 Å². The molecule has 0 fully saturated rings. The zero-order chi connectivity index (χ0) is 19.0. The third-order valence-electron chi connectivity index (χ3n) is 3.87. The van der Waals surface area contributed by atoms with Crippen molar-refractivity contribution in [1.29, 1.82) is 0 Å². The summed E-state index contributed by atoms with van der Waals surface area (Å²) < 4.78 is 63.4. The highest BCUT2D eigenvalue weighted by Gasteiger charge is 2.30. The summed E-state index contributed by atoms with van der Waals surface area (Å²) in [6, 6.07) is 10.5. The molecule has 0 unspecified atom stereocenters. The molecule has 134 valence electrons. The molecule has 0 aliphatic rings. The lowest BCUT2D eigenvalue weighted by atomic mass is 10.0. The Balaban J connectivity index is 1.87. The number of aromatic nitrogens is 3. The predicted molar refractivity (Wildman–Crippen MR) is 88.2 cm³/mol. The molecule has 0 amide bonds. The Morgan fingerprint density at radius 3 is 1.85 bits per heavy atom. The highest BCUT2D eigenvalue weighted by molar-refractivity contribution is 5.70. The SMILES string of the molecule is Fc1c(F)c(-c2nnc(-c3cccnc3)o2)c(F)c(F)c1-c1ccccc1. The number of pyridine rings is 1. The van der Waals surface area contributed by atoms with Crippen molar-refractivity contribution in [3.63, 3.8) is 0 Å². The number of halogens is 4. The van der Waals surface area contributed by atoms with Gasteiger partial charge in [-0.1, -0.05) is 30.3 Å². The van der Waals surface area contributed by atoms with Gasteiger partial charge in [-0.2, -0.15) is 0 Å². The number of hydrogen-bond donors (Lipinski definition) is 0. The highest BCUT2D eigenvalue weighted by atomic mass is 19.2. The summed E-state index contributed by atoms with van der Waals surface area (Å²) in [6.45, 7) is 0. The van der Waals surface area contributed by atoms with Gasteiger partial charge in [-0.25, -0.2) is 17.6 Å². The van der Waals surface area contributed by atoms with Gasteiger partial charge in [-0.3, -0.25) is 4.98 Å². The lowest BCUT2D eigenvalue weighted by Crippen LogP contribution is -2.03. The first kappa shape index (κ1) is 16.9. The molecule has 0 radical (unpaired) electrons. The van der Waals surface area contributed by atoms with Crippen LogP contribution >= 0.6 is 0 Å². The zero-order valence-corrected chi connectivity index (χ0v) is 13.5. The molecule has 2 aromatic heterocycles. The van der Waals surface area contributed by atoms with Crippen LogP contribution in [0.4, 0.5) is 17.6 Å². The van der Waals surface area contributed by atoms with Gasteiger partial charge in [-0.15, -0.1) is 10.2 Å². The zero-order valence-electron chi connectivity index (χ0n) is 13.5. The fraction of sp³-hybridized carbons (Fsp3) is 0. The Hall–Kier alpha value is -3.55. The molecular weight excluding hydrogens is 362 g/mol. The van der Waals surface area contributed by atoms with E-state index in [1.165, 1.54) is 36.7 Å². The molecule has 0 N–H and O–H groups in total. The van der Waals surface area contributed by atoms with Crippen molar-refractivity contribution >= 4 is 0 Å². The van der Waals surface area contributed by atoms with Crippen molar-refractivity contribution in [1.82, 2.24) is 15.2 Å². The van der Waals surface area contributed by atoms with E-state index in [1.54, 1.807) is 18.2 Å². The molecule has 0 bridgehead atoms. The average molecular weight is 371 g/mol. The molecule has 27 heavy (non-hydrogen) atoms. The number of benzene rings is 2. The average Bonchev–Trinajstić information content (AvgIpc) is 3.18. The Morgan fingerprint density at radius 2 is 1.22 bits per heavy atom. The normalized spacial score (nSPS) is 11.0. The Morgan fingerprint density at radius 1 is 0.630 bits per heavy atom. The maximum atomic E-state index is 14.6. The van der Waals surface area contributed by atoms with Gasteiger partial charge in [-0.05, 0) is 17.7 Å². The quantitative estimate of drug-likeness (QED) is 0.375. The molecular formula is C19H9F4N3O. The maximum absolute atomic E-state index is 14.6. The number of hydrogen-bond acceptors (Lipinski definition) is 4. The molecule has 0 saturated heterocycles. The van der Waals surface area contributed by atoms with Gasteiger partial charge in [0.15, 0.2) is 23.3 Å². The molecule has 0 spiro atoms. The monoisotopic (exact) mass is 371 g/mol. The van der Waals surface area contributed by atoms with E-state index in [0.29, 0.717) is 5.56 Å². The largest absolute Gasteiger partial charge is 0.416 e. The van der Waals surface area contributed by atoms with Crippen molar-refractivity contribution in [2.45, 2.75) is 0 Å². The third-order valence-corrected chi connectivity index (χ3v) is 3.87. The van der Waals surface area contributed by atoms with E-state index < -0.39 is 40.3 Å². The molecule has 2 heterocycles. The molecule has 0 atom stereocenters. The number of nitrogens with zero attached hydrogens (tertiary/aromatic N) is 3. The van der Waals surface area contributed by atoms with Crippen LogP contribution in [0.3, 0.4) is 0 Å². The molecule has 8 heteroatoms. The van der Waals surface area contributed by atoms with Gasteiger partial charge >= 0.3 is 0 Å². The fourth-order valence-corrected chi connectivity index (χ4v) is 2.61. The first-order chi connectivity index (χ1) is 13.1. The number of rotatable bonds is 3. The van der Waals surface area contributed by atoms with Gasteiger partial charge in [0.05, 0.1) is 11.1 Å². The van der Waals surface area contributed by atoms with E-state index in [0.717, 1.165) is 0 Å². The second-order valence-corrected chi connectivity index (χ2v) is 5.53. The van der Waals surface area contributed by atoms with E-state index in [1.807, 2.05) is 0 Å². The van der Waals surface area contributed by atoms with E-state index in [4.69, 9.17) is 4.42 Å². The summed E-state index contributed by atoms with van der Waals surface area (Å²) in [5, 5.41) is 7.16. The van der Waals surface area contributed by atoms with Crippen LogP contribution < -0.4 is 0 Å². The Bertz CT molecular complexity index is 1090. The first-order valence-corrected chi connectivity index (χ1v) is 7.73. The summed E-state index contributed by atoms with van der Waals surface area (Å²) in [5.74, 6) is -7.10. The van der Waals surface area contributed by atoms with Crippen LogP contribution in [0.25, 0.3) is 34.0 Å². The van der Waals surface area contributed by atoms with Crippen molar-refractivity contribution in [3.05, 3.63) is 78.1 Å². The molecule has 0 saturated carbocycles. The minimum Gasteiger partial charge on any atom is -0.416 e. The molecule has 0 aliphatic carbocycles. The Kier molecular flexibility index (Phi) is 4.15. The van der Waals surface area contributed by atoms with Gasteiger partial charge in [0.1, 0.15) is 5.56 Å². The smallest absolute Gasteiger partial charge is 0.254 e. The topological polar surface area (TPSA) is 51.8 Å². The fourth-order valence-electron chi connectivity index (χ4n) is 2.61. The van der Waals surface area contributed by atoms with Gasteiger partial charge in [0, 0.05) is 12.4 Å². The summed E-state index contributed by atoms with van der Waals surface area (Å²) in [7, 11) is 0. The molecule has 4 rings (SSSR count). The van der Waals surface area contributed by atoms with E-state index in [9.17, 15) is 17.6 Å². The highest BCUT2D eigenvalue weighted by Crippen LogP contribution is 2.36. The van der Waals surface area contributed by atoms with E-state index in [-0.39, 0.29) is 11.5 Å². The van der Waals surface area contributed by atoms with Crippen molar-refractivity contribution in [2.75, 3.05) is 0 Å². The van der Waals surface area contributed by atoms with Crippen LogP contribution in [0.5, 0.6) is 0 Å². The van der Waals surface area contributed by atoms with Crippen LogP contribution in [-0.2, 0) is 0 Å². The molecule has 0 aliphatic heterocycles. The second kappa shape index (κ2) is 6.64. The maximum Gasteiger partial charge on any atom is 0.254 e. The van der Waals surface area contributed by atoms with Gasteiger partial charge in [0.25, 0.3) is 5.89 Å². The summed E-state index contributed by atoms with van der Waals surface area (Å²) in [6.07, 6.45) is 2.90. The first-order valence-electron chi connectivity index (χ1n) is 7.73. The molecule has 4 nitrogen and oxygen atoms in total. The van der Waals surface area contributed by atoms with Crippen LogP contribution in [0.15, 0.2) is 59.3 Å². The van der Waals surface area contributed by atoms with Crippen molar-refractivity contribution < 1.29 is 22.0 Å². The molecule has 2 aromatic carbocycles. The third kappa shape index (κ3) is 2.84. The minimum atomic E-state index is -1.62. The minimum absolute atomic E-state index is 0.00146. The standard InChI is InChI=1S/C19H9F4N3O/c20-14-12(10-5-2-1-3-6-10)15(21)17(23)13(16(14)22)19-26-25-18(27-19)11-7-4-8-24-9-11/h1-9H. The lowest BCUT2D eigenvalue weighted by Gasteiger charge is -2.10. The summed E-state index contributed by atoms with van der Waals surface area (Å²) >= 11 is 0. The van der Waals surface area contributed by atoms with E-state index in [2.05, 4.69) is 15.2 Å². The van der Waals surface area contributed by atoms with Crippen LogP contribution in [0.2, 0.25) is 0 Å². The van der Waals surface area contributed by atoms with Crippen LogP contribution in [-0.4, -0.2) is 15.2 Å². The predicted octanol–water partition coefficient (Wildman–Crippen LogP) is 5.02. The van der Waals surface area contributed by atoms with Crippen molar-refractivity contribution in [2.24, 2.45) is 0 Å². The molecule has 4 aromatic rings. The summed E-state index contributed by atoms with van der Waals surface area (Å²) in [5.41, 5.74) is -1.48.